The van der Waals surface area contributed by atoms with Gasteiger partial charge in [0.2, 0.25) is 5.91 Å². The Kier molecular flexibility index (Phi) is 7.39. The van der Waals surface area contributed by atoms with Gasteiger partial charge in [0.05, 0.1) is 11.0 Å². The fourth-order valence-electron chi connectivity index (χ4n) is 3.94. The third-order valence-electron chi connectivity index (χ3n) is 6.04. The van der Waals surface area contributed by atoms with Crippen LogP contribution < -0.4 is 15.0 Å². The van der Waals surface area contributed by atoms with Gasteiger partial charge in [-0.3, -0.25) is 19.8 Å². The molecule has 1 amide bonds. The Morgan fingerprint density at radius 3 is 2.24 bits per heavy atom. The van der Waals surface area contributed by atoms with Crippen molar-refractivity contribution < 1.29 is 14.5 Å². The number of nitro benzene ring substituents is 1. The second-order valence-electron chi connectivity index (χ2n) is 8.26. The number of carbonyl (C=O) groups excluding carboxylic acids is 1. The first-order chi connectivity index (χ1) is 16.5. The number of nitrogens with one attached hydrogen (secondary N) is 1. The highest BCUT2D eigenvalue weighted by molar-refractivity contribution is 5.94. The van der Waals surface area contributed by atoms with E-state index in [9.17, 15) is 14.9 Å². The van der Waals surface area contributed by atoms with E-state index in [2.05, 4.69) is 15.1 Å². The normalized spacial score (nSPS) is 14.9. The fraction of sp³-hybridized carbons (Fsp3) is 0.269. The number of amides is 1. The molecule has 8 nitrogen and oxygen atoms in total. The number of nitro groups is 1. The highest BCUT2D eigenvalue weighted by atomic mass is 16.6. The highest BCUT2D eigenvalue weighted by Gasteiger charge is 2.26. The first kappa shape index (κ1) is 23.3. The van der Waals surface area contributed by atoms with Crippen molar-refractivity contribution in [2.45, 2.75) is 19.6 Å². The fourth-order valence-corrected chi connectivity index (χ4v) is 3.94. The molecule has 1 unspecified atom stereocenters. The number of piperazine rings is 1. The molecule has 1 heterocycles. The third-order valence-corrected chi connectivity index (χ3v) is 6.04. The molecule has 0 aromatic heterocycles. The van der Waals surface area contributed by atoms with Gasteiger partial charge in [0.1, 0.15) is 12.4 Å². The summed E-state index contributed by atoms with van der Waals surface area (Å²) in [6.07, 6.45) is 0. The lowest BCUT2D eigenvalue weighted by Crippen LogP contribution is -2.52. The van der Waals surface area contributed by atoms with Crippen molar-refractivity contribution in [1.29, 1.82) is 0 Å². The summed E-state index contributed by atoms with van der Waals surface area (Å²) >= 11 is 0. The van der Waals surface area contributed by atoms with Crippen molar-refractivity contribution in [3.8, 4) is 5.75 Å². The summed E-state index contributed by atoms with van der Waals surface area (Å²) in [5, 5.41) is 13.8. The van der Waals surface area contributed by atoms with Gasteiger partial charge in [0.15, 0.2) is 0 Å². The van der Waals surface area contributed by atoms with Gasteiger partial charge in [-0.2, -0.15) is 0 Å². The van der Waals surface area contributed by atoms with E-state index in [1.54, 1.807) is 12.1 Å². The molecule has 3 aromatic rings. The second-order valence-corrected chi connectivity index (χ2v) is 8.26. The quantitative estimate of drug-likeness (QED) is 0.398. The summed E-state index contributed by atoms with van der Waals surface area (Å²) in [4.78, 5) is 27.6. The maximum Gasteiger partial charge on any atom is 0.269 e. The molecule has 3 aromatic carbocycles. The standard InChI is InChI=1S/C26H28N4O4/c1-20(28-15-17-29(18-16-28)23-9-11-24(12-10-23)30(32)33)26(31)27-22-7-13-25(14-8-22)34-19-21-5-3-2-4-6-21/h2-14,20H,15-19H2,1H3,(H,27,31). The highest BCUT2D eigenvalue weighted by Crippen LogP contribution is 2.22. The monoisotopic (exact) mass is 460 g/mol. The number of rotatable bonds is 8. The summed E-state index contributed by atoms with van der Waals surface area (Å²) in [7, 11) is 0. The molecule has 34 heavy (non-hydrogen) atoms. The van der Waals surface area contributed by atoms with Gasteiger partial charge in [0.25, 0.3) is 5.69 Å². The molecule has 1 atom stereocenters. The molecule has 1 fully saturated rings. The van der Waals surface area contributed by atoms with Crippen molar-refractivity contribution in [1.82, 2.24) is 4.90 Å². The molecule has 0 spiro atoms. The van der Waals surface area contributed by atoms with Crippen LogP contribution in [0.25, 0.3) is 0 Å². The number of hydrogen-bond acceptors (Lipinski definition) is 6. The molecule has 0 saturated carbocycles. The van der Waals surface area contributed by atoms with E-state index in [1.165, 1.54) is 12.1 Å². The van der Waals surface area contributed by atoms with Crippen LogP contribution in [0.5, 0.6) is 5.75 Å². The number of non-ortho nitro benzene ring substituents is 1. The molecule has 0 aliphatic carbocycles. The van der Waals surface area contributed by atoms with E-state index in [-0.39, 0.29) is 17.6 Å². The topological polar surface area (TPSA) is 88.0 Å². The van der Waals surface area contributed by atoms with Crippen LogP contribution in [-0.4, -0.2) is 48.0 Å². The molecule has 1 aliphatic heterocycles. The van der Waals surface area contributed by atoms with Gasteiger partial charge < -0.3 is 15.0 Å². The van der Waals surface area contributed by atoms with Crippen LogP contribution in [0.4, 0.5) is 17.1 Å². The van der Waals surface area contributed by atoms with Crippen LogP contribution in [0.15, 0.2) is 78.9 Å². The van der Waals surface area contributed by atoms with E-state index < -0.39 is 4.92 Å². The van der Waals surface area contributed by atoms with Crippen molar-refractivity contribution in [2.24, 2.45) is 0 Å². The smallest absolute Gasteiger partial charge is 0.269 e. The molecule has 1 saturated heterocycles. The maximum atomic E-state index is 12.8. The first-order valence-corrected chi connectivity index (χ1v) is 11.3. The molecule has 8 heteroatoms. The number of hydrogen-bond donors (Lipinski definition) is 1. The molecule has 0 bridgehead atoms. The first-order valence-electron chi connectivity index (χ1n) is 11.3. The average molecular weight is 461 g/mol. The van der Waals surface area contributed by atoms with Gasteiger partial charge >= 0.3 is 0 Å². The van der Waals surface area contributed by atoms with E-state index in [0.717, 1.165) is 48.9 Å². The van der Waals surface area contributed by atoms with Crippen LogP contribution >= 0.6 is 0 Å². The van der Waals surface area contributed by atoms with E-state index in [1.807, 2.05) is 61.5 Å². The second kappa shape index (κ2) is 10.8. The van der Waals surface area contributed by atoms with E-state index >= 15 is 0 Å². The summed E-state index contributed by atoms with van der Waals surface area (Å²) in [5.74, 6) is 0.694. The van der Waals surface area contributed by atoms with Crippen molar-refractivity contribution in [2.75, 3.05) is 36.4 Å². The van der Waals surface area contributed by atoms with E-state index in [0.29, 0.717) is 6.61 Å². The Balaban J connectivity index is 1.24. The Morgan fingerprint density at radius 2 is 1.62 bits per heavy atom. The number of benzene rings is 3. The van der Waals surface area contributed by atoms with Gasteiger partial charge in [-0.15, -0.1) is 0 Å². The van der Waals surface area contributed by atoms with E-state index in [4.69, 9.17) is 4.74 Å². The van der Waals surface area contributed by atoms with Crippen molar-refractivity contribution >= 4 is 23.0 Å². The molecule has 4 rings (SSSR count). The zero-order chi connectivity index (χ0) is 23.9. The minimum atomic E-state index is -0.396. The van der Waals surface area contributed by atoms with Gasteiger partial charge in [-0.05, 0) is 48.9 Å². The Morgan fingerprint density at radius 1 is 0.971 bits per heavy atom. The van der Waals surface area contributed by atoms with Gasteiger partial charge in [-0.1, -0.05) is 30.3 Å². The van der Waals surface area contributed by atoms with Gasteiger partial charge in [0, 0.05) is 49.7 Å². The lowest BCUT2D eigenvalue weighted by atomic mass is 10.2. The third kappa shape index (κ3) is 5.90. The number of anilines is 2. The lowest BCUT2D eigenvalue weighted by Gasteiger charge is -2.38. The minimum Gasteiger partial charge on any atom is -0.489 e. The van der Waals surface area contributed by atoms with Crippen molar-refractivity contribution in [3.63, 3.8) is 0 Å². The Labute approximate surface area is 198 Å². The van der Waals surface area contributed by atoms with Crippen LogP contribution in [0.3, 0.4) is 0 Å². The molecular weight excluding hydrogens is 432 g/mol. The maximum absolute atomic E-state index is 12.8. The molecule has 1 aliphatic rings. The molecule has 1 N–H and O–H groups in total. The molecule has 0 radical (unpaired) electrons. The summed E-state index contributed by atoms with van der Waals surface area (Å²) in [6, 6.07) is 23.7. The predicted octanol–water partition coefficient (Wildman–Crippen LogP) is 4.32. The largest absolute Gasteiger partial charge is 0.489 e. The van der Waals surface area contributed by atoms with Crippen LogP contribution in [-0.2, 0) is 11.4 Å². The zero-order valence-corrected chi connectivity index (χ0v) is 19.1. The zero-order valence-electron chi connectivity index (χ0n) is 19.1. The van der Waals surface area contributed by atoms with Crippen molar-refractivity contribution in [3.05, 3.63) is 94.5 Å². The summed E-state index contributed by atoms with van der Waals surface area (Å²) < 4.78 is 5.80. The Hall–Kier alpha value is -3.91. The number of carbonyl (C=O) groups is 1. The van der Waals surface area contributed by atoms with Crippen LogP contribution in [0.2, 0.25) is 0 Å². The lowest BCUT2D eigenvalue weighted by molar-refractivity contribution is -0.384. The number of nitrogens with zero attached hydrogens (tertiary/aromatic N) is 3. The molecule has 176 valence electrons. The summed E-state index contributed by atoms with van der Waals surface area (Å²) in [5.41, 5.74) is 2.87. The minimum absolute atomic E-state index is 0.0539. The van der Waals surface area contributed by atoms with Crippen LogP contribution in [0, 0.1) is 10.1 Å². The van der Waals surface area contributed by atoms with Crippen LogP contribution in [0.1, 0.15) is 12.5 Å². The van der Waals surface area contributed by atoms with Gasteiger partial charge in [-0.25, -0.2) is 0 Å². The Bertz CT molecular complexity index is 1100. The average Bonchev–Trinajstić information content (AvgIpc) is 2.88. The number of ether oxygens (including phenoxy) is 1. The SMILES string of the molecule is CC(C(=O)Nc1ccc(OCc2ccccc2)cc1)N1CCN(c2ccc([N+](=O)[O-])cc2)CC1. The summed E-state index contributed by atoms with van der Waals surface area (Å²) in [6.45, 7) is 5.38. The molecular formula is C26H28N4O4. The predicted molar refractivity (Wildman–Crippen MR) is 132 cm³/mol.